The molecule has 1 aliphatic heterocycles. The first kappa shape index (κ1) is 13.1. The topological polar surface area (TPSA) is 71.2 Å². The number of hydrogen-bond donors (Lipinski definition) is 2. The summed E-state index contributed by atoms with van der Waals surface area (Å²) in [5.74, 6) is 2.86. The molecule has 2 atom stereocenters. The number of nitrogens with zero attached hydrogens (tertiary/aromatic N) is 2. The summed E-state index contributed by atoms with van der Waals surface area (Å²) in [5, 5.41) is 16.9. The predicted octanol–water partition coefficient (Wildman–Crippen LogP) is 2.15. The van der Waals surface area contributed by atoms with Gasteiger partial charge in [-0.15, -0.1) is 0 Å². The Balaban J connectivity index is 1.62. The van der Waals surface area contributed by atoms with Crippen molar-refractivity contribution in [3.05, 3.63) is 11.7 Å². The Labute approximate surface area is 113 Å². The van der Waals surface area contributed by atoms with Crippen LogP contribution in [0.2, 0.25) is 0 Å². The van der Waals surface area contributed by atoms with Gasteiger partial charge in [0.2, 0.25) is 5.89 Å². The fraction of sp³-hybridized carbons (Fsp3) is 0.857. The molecule has 2 aliphatic rings. The molecule has 3 rings (SSSR count). The van der Waals surface area contributed by atoms with E-state index in [1.807, 2.05) is 0 Å². The Bertz CT molecular complexity index is 413. The third-order valence-corrected chi connectivity index (χ3v) is 4.65. The Morgan fingerprint density at radius 2 is 2.11 bits per heavy atom. The average Bonchev–Trinajstić information content (AvgIpc) is 3.07. The van der Waals surface area contributed by atoms with Crippen LogP contribution in [-0.2, 0) is 0 Å². The third kappa shape index (κ3) is 2.82. The second kappa shape index (κ2) is 5.59. The fourth-order valence-electron chi connectivity index (χ4n) is 3.29. The number of β-amino-alcohol motifs (C(OH)–C–C–N with tert-alkyl or cyclic N) is 1. The molecule has 106 valence electrons. The Kier molecular flexibility index (Phi) is 3.84. The van der Waals surface area contributed by atoms with Crippen LogP contribution in [0.15, 0.2) is 4.52 Å². The van der Waals surface area contributed by atoms with Crippen LogP contribution in [0.5, 0.6) is 0 Å². The molecule has 5 heteroatoms. The molecule has 1 saturated carbocycles. The van der Waals surface area contributed by atoms with Crippen LogP contribution >= 0.6 is 0 Å². The molecule has 1 aromatic heterocycles. The van der Waals surface area contributed by atoms with Gasteiger partial charge >= 0.3 is 0 Å². The van der Waals surface area contributed by atoms with Gasteiger partial charge < -0.3 is 14.9 Å². The monoisotopic (exact) mass is 265 g/mol. The molecule has 5 nitrogen and oxygen atoms in total. The van der Waals surface area contributed by atoms with Crippen LogP contribution in [0.3, 0.4) is 0 Å². The zero-order valence-corrected chi connectivity index (χ0v) is 11.5. The Morgan fingerprint density at radius 1 is 1.32 bits per heavy atom. The van der Waals surface area contributed by atoms with Gasteiger partial charge in [-0.2, -0.15) is 4.98 Å². The first-order valence-electron chi connectivity index (χ1n) is 7.51. The van der Waals surface area contributed by atoms with Gasteiger partial charge in [-0.3, -0.25) is 0 Å². The van der Waals surface area contributed by atoms with Gasteiger partial charge in [-0.25, -0.2) is 0 Å². The van der Waals surface area contributed by atoms with E-state index in [0.29, 0.717) is 24.8 Å². The van der Waals surface area contributed by atoms with Crippen molar-refractivity contribution in [2.45, 2.75) is 63.5 Å². The van der Waals surface area contributed by atoms with Crippen molar-refractivity contribution in [2.75, 3.05) is 6.54 Å². The van der Waals surface area contributed by atoms with Crippen LogP contribution in [0.4, 0.5) is 0 Å². The summed E-state index contributed by atoms with van der Waals surface area (Å²) in [6, 6.07) is 0.0308. The van der Waals surface area contributed by atoms with Crippen molar-refractivity contribution in [1.82, 2.24) is 15.5 Å². The van der Waals surface area contributed by atoms with E-state index in [-0.39, 0.29) is 12.1 Å². The second-order valence-electron chi connectivity index (χ2n) is 5.97. The van der Waals surface area contributed by atoms with Crippen molar-refractivity contribution in [2.24, 2.45) is 5.92 Å². The molecular weight excluding hydrogens is 242 g/mol. The van der Waals surface area contributed by atoms with Crippen molar-refractivity contribution in [1.29, 1.82) is 0 Å². The van der Waals surface area contributed by atoms with E-state index in [1.165, 1.54) is 32.1 Å². The summed E-state index contributed by atoms with van der Waals surface area (Å²) in [5.41, 5.74) is 0. The molecule has 1 unspecified atom stereocenters. The van der Waals surface area contributed by atoms with Gasteiger partial charge in [0, 0.05) is 12.5 Å². The first-order valence-corrected chi connectivity index (χ1v) is 7.51. The Morgan fingerprint density at radius 3 is 2.74 bits per heavy atom. The maximum Gasteiger partial charge on any atom is 0.243 e. The van der Waals surface area contributed by atoms with Crippen molar-refractivity contribution in [3.8, 4) is 0 Å². The molecule has 1 saturated heterocycles. The first-order chi connectivity index (χ1) is 9.26. The smallest absolute Gasteiger partial charge is 0.243 e. The van der Waals surface area contributed by atoms with E-state index in [1.54, 1.807) is 0 Å². The molecule has 0 amide bonds. The normalized spacial score (nSPS) is 35.7. The molecule has 0 radical (unpaired) electrons. The average molecular weight is 265 g/mol. The van der Waals surface area contributed by atoms with Gasteiger partial charge in [0.1, 0.15) is 0 Å². The van der Waals surface area contributed by atoms with Crippen molar-refractivity contribution in [3.63, 3.8) is 0 Å². The summed E-state index contributed by atoms with van der Waals surface area (Å²) >= 11 is 0. The lowest BCUT2D eigenvalue weighted by Gasteiger charge is -2.25. The minimum Gasteiger partial charge on any atom is -0.392 e. The molecule has 1 aliphatic carbocycles. The van der Waals surface area contributed by atoms with Crippen LogP contribution in [0.25, 0.3) is 0 Å². The van der Waals surface area contributed by atoms with Gasteiger partial charge in [0.15, 0.2) is 5.82 Å². The lowest BCUT2D eigenvalue weighted by molar-refractivity contribution is 0.191. The summed E-state index contributed by atoms with van der Waals surface area (Å²) < 4.78 is 5.37. The van der Waals surface area contributed by atoms with Crippen LogP contribution in [-0.4, -0.2) is 27.9 Å². The summed E-state index contributed by atoms with van der Waals surface area (Å²) in [4.78, 5) is 4.55. The molecule has 2 heterocycles. The van der Waals surface area contributed by atoms with E-state index in [2.05, 4.69) is 22.4 Å². The summed E-state index contributed by atoms with van der Waals surface area (Å²) in [7, 11) is 0. The molecule has 19 heavy (non-hydrogen) atoms. The van der Waals surface area contributed by atoms with E-state index < -0.39 is 0 Å². The lowest BCUT2D eigenvalue weighted by atomic mass is 9.80. The minimum atomic E-state index is -0.291. The standard InChI is InChI=1S/C14H23N3O2/c1-2-9-3-5-10(6-4-9)13-16-14(19-17-13)12-7-11(18)8-15-12/h9-12,15,18H,2-8H2,1H3/t9?,10?,11?,12-/m0/s1. The van der Waals surface area contributed by atoms with E-state index in [4.69, 9.17) is 4.52 Å². The SMILES string of the molecule is CCC1CCC(c2noc([C@@H]3CC(O)CN3)n2)CC1. The van der Waals surface area contributed by atoms with Crippen LogP contribution in [0.1, 0.15) is 69.1 Å². The van der Waals surface area contributed by atoms with Gasteiger partial charge in [-0.05, 0) is 38.0 Å². The molecule has 2 N–H and O–H groups in total. The third-order valence-electron chi connectivity index (χ3n) is 4.65. The summed E-state index contributed by atoms with van der Waals surface area (Å²) in [6.07, 6.45) is 6.59. The number of aliphatic hydroxyl groups is 1. The minimum absolute atomic E-state index is 0.0308. The second-order valence-corrected chi connectivity index (χ2v) is 5.97. The highest BCUT2D eigenvalue weighted by Crippen LogP contribution is 2.36. The highest BCUT2D eigenvalue weighted by Gasteiger charge is 2.30. The highest BCUT2D eigenvalue weighted by atomic mass is 16.5. The van der Waals surface area contributed by atoms with Gasteiger partial charge in [0.25, 0.3) is 0 Å². The zero-order chi connectivity index (χ0) is 13.2. The van der Waals surface area contributed by atoms with E-state index in [9.17, 15) is 5.11 Å². The van der Waals surface area contributed by atoms with E-state index in [0.717, 1.165) is 11.7 Å². The molecule has 2 fully saturated rings. The molecule has 0 bridgehead atoms. The fourth-order valence-corrected chi connectivity index (χ4v) is 3.29. The molecule has 0 spiro atoms. The van der Waals surface area contributed by atoms with E-state index >= 15 is 0 Å². The number of aromatic nitrogens is 2. The Hall–Kier alpha value is -0.940. The number of nitrogens with one attached hydrogen (secondary N) is 1. The quantitative estimate of drug-likeness (QED) is 0.876. The van der Waals surface area contributed by atoms with Gasteiger partial charge in [0.05, 0.1) is 12.1 Å². The van der Waals surface area contributed by atoms with Crippen molar-refractivity contribution < 1.29 is 9.63 Å². The number of hydrogen-bond acceptors (Lipinski definition) is 5. The molecule has 0 aromatic carbocycles. The lowest BCUT2D eigenvalue weighted by Crippen LogP contribution is -2.16. The number of aliphatic hydroxyl groups excluding tert-OH is 1. The molecular formula is C14H23N3O2. The zero-order valence-electron chi connectivity index (χ0n) is 11.5. The van der Waals surface area contributed by atoms with Gasteiger partial charge in [-0.1, -0.05) is 18.5 Å². The summed E-state index contributed by atoms with van der Waals surface area (Å²) in [6.45, 7) is 2.89. The maximum atomic E-state index is 9.52. The largest absolute Gasteiger partial charge is 0.392 e. The molecule has 1 aromatic rings. The number of rotatable bonds is 3. The van der Waals surface area contributed by atoms with Crippen LogP contribution < -0.4 is 5.32 Å². The van der Waals surface area contributed by atoms with Crippen molar-refractivity contribution >= 4 is 0 Å². The highest BCUT2D eigenvalue weighted by molar-refractivity contribution is 5.02. The van der Waals surface area contributed by atoms with Crippen LogP contribution in [0, 0.1) is 5.92 Å². The maximum absolute atomic E-state index is 9.52. The predicted molar refractivity (Wildman–Crippen MR) is 70.7 cm³/mol.